The molecule has 4 nitrogen and oxygen atoms in total. The maximum absolute atomic E-state index is 11.7. The van der Waals surface area contributed by atoms with Crippen molar-refractivity contribution in [3.8, 4) is 0 Å². The molecule has 0 saturated carbocycles. The average Bonchev–Trinajstić information content (AvgIpc) is 2.27. The van der Waals surface area contributed by atoms with Gasteiger partial charge in [0.25, 0.3) is 0 Å². The number of carbonyl (C=O) groups excluding carboxylic acids is 1. The second kappa shape index (κ2) is 4.41. The van der Waals surface area contributed by atoms with Gasteiger partial charge in [-0.15, -0.1) is 0 Å². The highest BCUT2D eigenvalue weighted by Gasteiger charge is 2.09. The molecule has 0 amide bonds. The summed E-state index contributed by atoms with van der Waals surface area (Å²) in [7, 11) is 0. The van der Waals surface area contributed by atoms with Gasteiger partial charge in [0.1, 0.15) is 5.82 Å². The van der Waals surface area contributed by atoms with Crippen LogP contribution in [0.1, 0.15) is 24.2 Å². The number of hydrogen-bond donors (Lipinski definition) is 1. The minimum atomic E-state index is -0.321. The Hall–Kier alpha value is -2.10. The maximum atomic E-state index is 11.7. The number of nitrogen functional groups attached to an aromatic ring is 1. The fourth-order valence-corrected chi connectivity index (χ4v) is 1.55. The molecule has 0 aliphatic rings. The third-order valence-corrected chi connectivity index (χ3v) is 2.29. The van der Waals surface area contributed by atoms with Crippen LogP contribution in [-0.4, -0.2) is 17.1 Å². The Kier molecular flexibility index (Phi) is 2.95. The van der Waals surface area contributed by atoms with E-state index in [1.807, 2.05) is 19.9 Å². The lowest BCUT2D eigenvalue weighted by Gasteiger charge is -2.08. The minimum absolute atomic E-state index is 0.122. The summed E-state index contributed by atoms with van der Waals surface area (Å²) >= 11 is 0. The van der Waals surface area contributed by atoms with E-state index in [9.17, 15) is 4.79 Å². The quantitative estimate of drug-likeness (QED) is 0.804. The van der Waals surface area contributed by atoms with Crippen molar-refractivity contribution < 1.29 is 9.53 Å². The highest BCUT2D eigenvalue weighted by molar-refractivity contribution is 5.94. The Bertz CT molecular complexity index is 564. The van der Waals surface area contributed by atoms with E-state index in [0.29, 0.717) is 11.4 Å². The van der Waals surface area contributed by atoms with Crippen LogP contribution >= 0.6 is 0 Å². The van der Waals surface area contributed by atoms with Crippen LogP contribution in [0.5, 0.6) is 0 Å². The minimum Gasteiger partial charge on any atom is -0.459 e. The molecule has 0 atom stereocenters. The SMILES string of the molecule is CC(C)OC(=O)c1ccc2nc(N)ccc2c1. The predicted octanol–water partition coefficient (Wildman–Crippen LogP) is 2.38. The van der Waals surface area contributed by atoms with Crippen LogP contribution in [0.3, 0.4) is 0 Å². The largest absolute Gasteiger partial charge is 0.459 e. The first kappa shape index (κ1) is 11.4. The van der Waals surface area contributed by atoms with E-state index in [-0.39, 0.29) is 12.1 Å². The molecule has 0 saturated heterocycles. The molecular weight excluding hydrogens is 216 g/mol. The lowest BCUT2D eigenvalue weighted by Crippen LogP contribution is -2.11. The van der Waals surface area contributed by atoms with Gasteiger partial charge in [0.2, 0.25) is 0 Å². The number of hydrogen-bond acceptors (Lipinski definition) is 4. The van der Waals surface area contributed by atoms with Gasteiger partial charge in [-0.05, 0) is 44.2 Å². The summed E-state index contributed by atoms with van der Waals surface area (Å²) < 4.78 is 5.12. The number of fused-ring (bicyclic) bond motifs is 1. The molecule has 0 unspecified atom stereocenters. The molecular formula is C13H14N2O2. The number of nitrogens with two attached hydrogens (primary N) is 1. The number of nitrogens with zero attached hydrogens (tertiary/aromatic N) is 1. The summed E-state index contributed by atoms with van der Waals surface area (Å²) in [6, 6.07) is 8.76. The highest BCUT2D eigenvalue weighted by Crippen LogP contribution is 2.16. The summed E-state index contributed by atoms with van der Waals surface area (Å²) in [4.78, 5) is 15.9. The van der Waals surface area contributed by atoms with Crippen LogP contribution in [-0.2, 0) is 4.74 Å². The van der Waals surface area contributed by atoms with E-state index in [1.54, 1.807) is 24.3 Å². The van der Waals surface area contributed by atoms with Gasteiger partial charge < -0.3 is 10.5 Å². The van der Waals surface area contributed by atoms with Gasteiger partial charge in [-0.25, -0.2) is 9.78 Å². The fraction of sp³-hybridized carbons (Fsp3) is 0.231. The smallest absolute Gasteiger partial charge is 0.338 e. The molecule has 17 heavy (non-hydrogen) atoms. The van der Waals surface area contributed by atoms with E-state index in [4.69, 9.17) is 10.5 Å². The van der Waals surface area contributed by atoms with Crippen molar-refractivity contribution in [2.75, 3.05) is 5.73 Å². The van der Waals surface area contributed by atoms with E-state index in [0.717, 1.165) is 10.9 Å². The van der Waals surface area contributed by atoms with Crippen LogP contribution in [0.4, 0.5) is 5.82 Å². The summed E-state index contributed by atoms with van der Waals surface area (Å²) in [5.41, 5.74) is 6.88. The zero-order valence-corrected chi connectivity index (χ0v) is 9.81. The number of ether oxygens (including phenoxy) is 1. The van der Waals surface area contributed by atoms with Gasteiger partial charge >= 0.3 is 5.97 Å². The van der Waals surface area contributed by atoms with Gasteiger partial charge in [-0.2, -0.15) is 0 Å². The van der Waals surface area contributed by atoms with Crippen molar-refractivity contribution >= 4 is 22.7 Å². The Morgan fingerprint density at radius 1 is 1.29 bits per heavy atom. The Morgan fingerprint density at radius 3 is 2.76 bits per heavy atom. The normalized spacial score (nSPS) is 10.8. The van der Waals surface area contributed by atoms with Crippen LogP contribution in [0.15, 0.2) is 30.3 Å². The zero-order chi connectivity index (χ0) is 12.4. The third-order valence-electron chi connectivity index (χ3n) is 2.29. The molecule has 1 aromatic heterocycles. The number of rotatable bonds is 2. The van der Waals surface area contributed by atoms with Crippen LogP contribution in [0.25, 0.3) is 10.9 Å². The molecule has 2 rings (SSSR count). The highest BCUT2D eigenvalue weighted by atomic mass is 16.5. The number of carbonyl (C=O) groups is 1. The number of pyridine rings is 1. The van der Waals surface area contributed by atoms with Crippen LogP contribution < -0.4 is 5.73 Å². The van der Waals surface area contributed by atoms with Gasteiger partial charge in [0.15, 0.2) is 0 Å². The first-order chi connectivity index (χ1) is 8.06. The van der Waals surface area contributed by atoms with Gasteiger partial charge in [-0.3, -0.25) is 0 Å². The van der Waals surface area contributed by atoms with E-state index >= 15 is 0 Å². The third kappa shape index (κ3) is 2.53. The summed E-state index contributed by atoms with van der Waals surface area (Å²) in [5, 5.41) is 0.873. The lowest BCUT2D eigenvalue weighted by molar-refractivity contribution is 0.0378. The summed E-state index contributed by atoms with van der Waals surface area (Å²) in [6.45, 7) is 3.64. The molecule has 0 radical (unpaired) electrons. The Labute approximate surface area is 99.4 Å². The van der Waals surface area contributed by atoms with Crippen molar-refractivity contribution in [3.05, 3.63) is 35.9 Å². The maximum Gasteiger partial charge on any atom is 0.338 e. The summed E-state index contributed by atoms with van der Waals surface area (Å²) in [5.74, 6) is 0.147. The number of benzene rings is 1. The first-order valence-corrected chi connectivity index (χ1v) is 5.43. The fourth-order valence-electron chi connectivity index (χ4n) is 1.55. The van der Waals surface area contributed by atoms with E-state index < -0.39 is 0 Å². The Morgan fingerprint density at radius 2 is 2.06 bits per heavy atom. The zero-order valence-electron chi connectivity index (χ0n) is 9.81. The standard InChI is InChI=1S/C13H14N2O2/c1-8(2)17-13(16)10-3-5-11-9(7-10)4-6-12(14)15-11/h3-8H,1-2H3,(H2,14,15). The average molecular weight is 230 g/mol. The molecule has 2 aromatic rings. The molecule has 0 fully saturated rings. The first-order valence-electron chi connectivity index (χ1n) is 5.43. The van der Waals surface area contributed by atoms with E-state index in [1.165, 1.54) is 0 Å². The van der Waals surface area contributed by atoms with Crippen molar-refractivity contribution in [1.82, 2.24) is 4.98 Å². The van der Waals surface area contributed by atoms with Crippen LogP contribution in [0.2, 0.25) is 0 Å². The van der Waals surface area contributed by atoms with Gasteiger partial charge in [-0.1, -0.05) is 0 Å². The van der Waals surface area contributed by atoms with Crippen molar-refractivity contribution in [2.45, 2.75) is 20.0 Å². The van der Waals surface area contributed by atoms with Crippen LogP contribution in [0, 0.1) is 0 Å². The molecule has 0 bridgehead atoms. The van der Waals surface area contributed by atoms with Gasteiger partial charge in [0.05, 0.1) is 17.2 Å². The molecule has 0 aliphatic carbocycles. The molecule has 1 heterocycles. The second-order valence-corrected chi connectivity index (χ2v) is 4.10. The lowest BCUT2D eigenvalue weighted by atomic mass is 10.1. The molecule has 2 N–H and O–H groups in total. The number of esters is 1. The molecule has 0 aliphatic heterocycles. The van der Waals surface area contributed by atoms with Crippen molar-refractivity contribution in [3.63, 3.8) is 0 Å². The number of aromatic nitrogens is 1. The van der Waals surface area contributed by atoms with Gasteiger partial charge in [0, 0.05) is 5.39 Å². The molecule has 88 valence electrons. The molecule has 1 aromatic carbocycles. The second-order valence-electron chi connectivity index (χ2n) is 4.10. The monoisotopic (exact) mass is 230 g/mol. The molecule has 4 heteroatoms. The molecule has 0 spiro atoms. The van der Waals surface area contributed by atoms with Crippen molar-refractivity contribution in [1.29, 1.82) is 0 Å². The topological polar surface area (TPSA) is 65.2 Å². The van der Waals surface area contributed by atoms with Crippen molar-refractivity contribution in [2.24, 2.45) is 0 Å². The van der Waals surface area contributed by atoms with E-state index in [2.05, 4.69) is 4.98 Å². The number of anilines is 1. The Balaban J connectivity index is 2.38. The predicted molar refractivity (Wildman–Crippen MR) is 66.7 cm³/mol. The summed E-state index contributed by atoms with van der Waals surface area (Å²) in [6.07, 6.45) is -0.122.